The lowest BCUT2D eigenvalue weighted by molar-refractivity contribution is -0.127. The van der Waals surface area contributed by atoms with E-state index in [1.54, 1.807) is 17.1 Å². The van der Waals surface area contributed by atoms with Gasteiger partial charge in [-0.2, -0.15) is 0 Å². The molecule has 2 heterocycles. The Kier molecular flexibility index (Phi) is 5.00. The van der Waals surface area contributed by atoms with Crippen molar-refractivity contribution in [3.8, 4) is 0 Å². The van der Waals surface area contributed by atoms with Crippen LogP contribution in [0.25, 0.3) is 27.8 Å². The Morgan fingerprint density at radius 2 is 1.45 bits per heavy atom. The van der Waals surface area contributed by atoms with Gasteiger partial charge in [0.1, 0.15) is 11.3 Å². The molecular weight excluding hydrogens is 388 g/mol. The quantitative estimate of drug-likeness (QED) is 0.465. The molecular formula is C26H22N2O3. The summed E-state index contributed by atoms with van der Waals surface area (Å²) in [4.78, 5) is 29.3. The molecule has 0 unspecified atom stereocenters. The van der Waals surface area contributed by atoms with E-state index in [4.69, 9.17) is 4.42 Å². The van der Waals surface area contributed by atoms with Crippen molar-refractivity contribution in [2.24, 2.45) is 0 Å². The van der Waals surface area contributed by atoms with Crippen LogP contribution in [0, 0.1) is 0 Å². The van der Waals surface area contributed by atoms with Crippen molar-refractivity contribution in [1.29, 1.82) is 0 Å². The molecule has 1 aliphatic heterocycles. The van der Waals surface area contributed by atoms with Crippen LogP contribution in [0.5, 0.6) is 0 Å². The van der Waals surface area contributed by atoms with Gasteiger partial charge in [0.2, 0.25) is 5.91 Å². The monoisotopic (exact) mass is 410 g/mol. The zero-order valence-electron chi connectivity index (χ0n) is 17.0. The zero-order valence-corrected chi connectivity index (χ0v) is 17.0. The van der Waals surface area contributed by atoms with Gasteiger partial charge in [-0.3, -0.25) is 9.59 Å². The zero-order chi connectivity index (χ0) is 21.2. The van der Waals surface area contributed by atoms with E-state index in [2.05, 4.69) is 0 Å². The maximum atomic E-state index is 13.1. The lowest BCUT2D eigenvalue weighted by Gasteiger charge is -2.34. The molecule has 1 aromatic heterocycles. The number of nitrogens with zero attached hydrogens (tertiary/aromatic N) is 2. The molecule has 5 heteroatoms. The Hall–Kier alpha value is -3.86. The fourth-order valence-corrected chi connectivity index (χ4v) is 4.06. The molecule has 4 aromatic rings. The van der Waals surface area contributed by atoms with Crippen LogP contribution in [-0.4, -0.2) is 47.8 Å². The maximum Gasteiger partial charge on any atom is 0.254 e. The van der Waals surface area contributed by atoms with Crippen molar-refractivity contribution in [3.63, 3.8) is 0 Å². The van der Waals surface area contributed by atoms with E-state index in [9.17, 15) is 9.59 Å². The standard InChI is InChI=1S/C26H22N2O3/c29-25(13-12-21-18-20-7-2-4-11-24(20)31-21)27-14-16-28(17-15-27)26(30)23-10-5-8-19-6-1-3-9-22(19)23/h1-13,18H,14-17H2/b13-12+. The number of rotatable bonds is 3. The molecule has 5 rings (SSSR count). The fourth-order valence-electron chi connectivity index (χ4n) is 4.06. The lowest BCUT2D eigenvalue weighted by Crippen LogP contribution is -2.50. The average molecular weight is 410 g/mol. The minimum Gasteiger partial charge on any atom is -0.457 e. The van der Waals surface area contributed by atoms with Crippen LogP contribution >= 0.6 is 0 Å². The summed E-state index contributed by atoms with van der Waals surface area (Å²) >= 11 is 0. The average Bonchev–Trinajstić information content (AvgIpc) is 3.25. The van der Waals surface area contributed by atoms with Gasteiger partial charge in [-0.25, -0.2) is 0 Å². The largest absolute Gasteiger partial charge is 0.457 e. The molecule has 0 radical (unpaired) electrons. The highest BCUT2D eigenvalue weighted by molar-refractivity contribution is 6.07. The van der Waals surface area contributed by atoms with Crippen LogP contribution in [0.15, 0.2) is 83.3 Å². The SMILES string of the molecule is O=C(/C=C/c1cc2ccccc2o1)N1CCN(C(=O)c2cccc3ccccc23)CC1. The highest BCUT2D eigenvalue weighted by Crippen LogP contribution is 2.22. The van der Waals surface area contributed by atoms with Crippen LogP contribution in [0.1, 0.15) is 16.1 Å². The van der Waals surface area contributed by atoms with Crippen molar-refractivity contribution in [1.82, 2.24) is 9.80 Å². The van der Waals surface area contributed by atoms with Crippen molar-refractivity contribution in [2.75, 3.05) is 26.2 Å². The Labute approximate surface area is 180 Å². The van der Waals surface area contributed by atoms with E-state index < -0.39 is 0 Å². The molecule has 154 valence electrons. The molecule has 0 N–H and O–H groups in total. The number of carbonyl (C=O) groups is 2. The molecule has 3 aromatic carbocycles. The number of carbonyl (C=O) groups excluding carboxylic acids is 2. The lowest BCUT2D eigenvalue weighted by atomic mass is 10.0. The molecule has 0 bridgehead atoms. The summed E-state index contributed by atoms with van der Waals surface area (Å²) in [5.74, 6) is 0.596. The van der Waals surface area contributed by atoms with Gasteiger partial charge in [0.15, 0.2) is 0 Å². The van der Waals surface area contributed by atoms with E-state index >= 15 is 0 Å². The predicted molar refractivity (Wildman–Crippen MR) is 122 cm³/mol. The molecule has 5 nitrogen and oxygen atoms in total. The van der Waals surface area contributed by atoms with Gasteiger partial charge in [-0.1, -0.05) is 54.6 Å². The molecule has 1 saturated heterocycles. The first-order valence-corrected chi connectivity index (χ1v) is 10.4. The number of hydrogen-bond donors (Lipinski definition) is 0. The summed E-state index contributed by atoms with van der Waals surface area (Å²) in [5, 5.41) is 3.02. The molecule has 0 saturated carbocycles. The van der Waals surface area contributed by atoms with E-state index in [0.717, 1.165) is 21.7 Å². The van der Waals surface area contributed by atoms with Crippen molar-refractivity contribution >= 4 is 39.6 Å². The number of para-hydroxylation sites is 1. The second-order valence-electron chi connectivity index (χ2n) is 7.66. The van der Waals surface area contributed by atoms with Gasteiger partial charge >= 0.3 is 0 Å². The molecule has 1 aliphatic rings. The first-order valence-electron chi connectivity index (χ1n) is 10.4. The number of fused-ring (bicyclic) bond motifs is 2. The third-order valence-electron chi connectivity index (χ3n) is 5.73. The third-order valence-corrected chi connectivity index (χ3v) is 5.73. The molecule has 2 amide bonds. The highest BCUT2D eigenvalue weighted by atomic mass is 16.3. The number of benzene rings is 3. The second-order valence-corrected chi connectivity index (χ2v) is 7.66. The first kappa shape index (κ1) is 19.1. The number of hydrogen-bond acceptors (Lipinski definition) is 3. The Morgan fingerprint density at radius 3 is 2.26 bits per heavy atom. The van der Waals surface area contributed by atoms with Gasteiger partial charge in [0.05, 0.1) is 0 Å². The van der Waals surface area contributed by atoms with Crippen LogP contribution in [0.3, 0.4) is 0 Å². The van der Waals surface area contributed by atoms with Gasteiger partial charge < -0.3 is 14.2 Å². The molecule has 1 fully saturated rings. The van der Waals surface area contributed by atoms with Crippen molar-refractivity contribution in [3.05, 3.63) is 90.2 Å². The van der Waals surface area contributed by atoms with Crippen LogP contribution < -0.4 is 0 Å². The van der Waals surface area contributed by atoms with Gasteiger partial charge in [0.25, 0.3) is 5.91 Å². The molecule has 0 aliphatic carbocycles. The van der Waals surface area contributed by atoms with Crippen molar-refractivity contribution < 1.29 is 14.0 Å². The van der Waals surface area contributed by atoms with E-state index in [-0.39, 0.29) is 11.8 Å². The third kappa shape index (κ3) is 3.82. The number of furan rings is 1. The summed E-state index contributed by atoms with van der Waals surface area (Å²) in [6.45, 7) is 2.07. The molecule has 31 heavy (non-hydrogen) atoms. The van der Waals surface area contributed by atoms with Crippen LogP contribution in [0.4, 0.5) is 0 Å². The van der Waals surface area contributed by atoms with Gasteiger partial charge in [-0.15, -0.1) is 0 Å². The van der Waals surface area contributed by atoms with Gasteiger partial charge in [0, 0.05) is 43.2 Å². The first-order chi connectivity index (χ1) is 15.2. The van der Waals surface area contributed by atoms with E-state index in [1.807, 2.05) is 77.7 Å². The second kappa shape index (κ2) is 8.11. The molecule has 0 spiro atoms. The Bertz CT molecular complexity index is 1260. The highest BCUT2D eigenvalue weighted by Gasteiger charge is 2.24. The molecule has 0 atom stereocenters. The summed E-state index contributed by atoms with van der Waals surface area (Å²) in [5.41, 5.74) is 1.51. The fraction of sp³-hybridized carbons (Fsp3) is 0.154. The minimum absolute atomic E-state index is 0.0155. The van der Waals surface area contributed by atoms with Gasteiger partial charge in [-0.05, 0) is 35.0 Å². The summed E-state index contributed by atoms with van der Waals surface area (Å²) in [6, 6.07) is 23.4. The summed E-state index contributed by atoms with van der Waals surface area (Å²) in [6.07, 6.45) is 3.25. The van der Waals surface area contributed by atoms with Crippen molar-refractivity contribution in [2.45, 2.75) is 0 Å². The summed E-state index contributed by atoms with van der Waals surface area (Å²) in [7, 11) is 0. The summed E-state index contributed by atoms with van der Waals surface area (Å²) < 4.78 is 5.73. The van der Waals surface area contributed by atoms with Crippen LogP contribution in [0.2, 0.25) is 0 Å². The number of piperazine rings is 1. The van der Waals surface area contributed by atoms with E-state index in [0.29, 0.717) is 37.5 Å². The minimum atomic E-state index is -0.0716. The Morgan fingerprint density at radius 1 is 0.774 bits per heavy atom. The van der Waals surface area contributed by atoms with Crippen LogP contribution in [-0.2, 0) is 4.79 Å². The number of amides is 2. The van der Waals surface area contributed by atoms with E-state index in [1.165, 1.54) is 0 Å². The topological polar surface area (TPSA) is 53.8 Å². The Balaban J connectivity index is 1.23. The smallest absolute Gasteiger partial charge is 0.254 e. The normalized spacial score (nSPS) is 14.6. The maximum absolute atomic E-state index is 13.1. The predicted octanol–water partition coefficient (Wildman–Crippen LogP) is 4.58.